The lowest BCUT2D eigenvalue weighted by Crippen LogP contribution is -2.18. The molecule has 0 aliphatic rings. The highest BCUT2D eigenvalue weighted by Gasteiger charge is 2.37. The van der Waals surface area contributed by atoms with E-state index in [1.165, 1.54) is 4.68 Å². The summed E-state index contributed by atoms with van der Waals surface area (Å²) in [6.45, 7) is 6.85. The molecule has 1 aromatic carbocycles. The number of benzene rings is 1. The van der Waals surface area contributed by atoms with Gasteiger partial charge >= 0.3 is 12.4 Å². The number of aromatic nitrogens is 4. The molecule has 0 aliphatic heterocycles. The molecule has 12 heteroatoms. The maximum absolute atomic E-state index is 13.0. The minimum Gasteiger partial charge on any atom is -0.326 e. The quantitative estimate of drug-likeness (QED) is 0.537. The van der Waals surface area contributed by atoms with Gasteiger partial charge in [-0.1, -0.05) is 0 Å². The number of aryl methyl sites for hydroxylation is 3. The van der Waals surface area contributed by atoms with E-state index >= 15 is 0 Å². The van der Waals surface area contributed by atoms with Crippen molar-refractivity contribution in [3.63, 3.8) is 0 Å². The Labute approximate surface area is 184 Å². The van der Waals surface area contributed by atoms with Gasteiger partial charge in [0, 0.05) is 28.3 Å². The summed E-state index contributed by atoms with van der Waals surface area (Å²) >= 11 is 0. The Hall–Kier alpha value is -3.44. The fourth-order valence-corrected chi connectivity index (χ4v) is 3.32. The van der Waals surface area contributed by atoms with E-state index in [0.717, 1.165) is 0 Å². The standard InChI is InChI=1S/C21H19F6N5O/c1-10-5-11(2)29-19(28-10)32-13(4)17(12(3)31-32)9-18(33)30-16-7-14(20(22,23)24)6-15(8-16)21(25,26)27/h5-8H,9H2,1-4H3,(H,30,33). The zero-order valence-electron chi connectivity index (χ0n) is 18.0. The van der Waals surface area contributed by atoms with Crippen molar-refractivity contribution in [2.24, 2.45) is 0 Å². The Morgan fingerprint density at radius 1 is 0.879 bits per heavy atom. The molecule has 3 rings (SSSR count). The summed E-state index contributed by atoms with van der Waals surface area (Å²) in [5.74, 6) is -0.512. The molecule has 0 bridgehead atoms. The average molecular weight is 471 g/mol. The second-order valence-electron chi connectivity index (χ2n) is 7.53. The summed E-state index contributed by atoms with van der Waals surface area (Å²) in [6, 6.07) is 2.69. The van der Waals surface area contributed by atoms with Crippen molar-refractivity contribution >= 4 is 11.6 Å². The fraction of sp³-hybridized carbons (Fsp3) is 0.333. The SMILES string of the molecule is Cc1cc(C)nc(-n2nc(C)c(CC(=O)Nc3cc(C(F)(F)F)cc(C(F)(F)F)c3)c2C)n1. The Kier molecular flexibility index (Phi) is 6.22. The highest BCUT2D eigenvalue weighted by atomic mass is 19.4. The topological polar surface area (TPSA) is 72.7 Å². The van der Waals surface area contributed by atoms with Gasteiger partial charge in [0.1, 0.15) is 0 Å². The van der Waals surface area contributed by atoms with Gasteiger partial charge < -0.3 is 5.32 Å². The first-order chi connectivity index (χ1) is 15.1. The molecule has 1 amide bonds. The zero-order valence-corrected chi connectivity index (χ0v) is 18.0. The van der Waals surface area contributed by atoms with Crippen LogP contribution in [0, 0.1) is 27.7 Å². The van der Waals surface area contributed by atoms with Crippen LogP contribution in [0.1, 0.15) is 39.5 Å². The molecule has 1 N–H and O–H groups in total. The van der Waals surface area contributed by atoms with Gasteiger partial charge in [-0.15, -0.1) is 0 Å². The summed E-state index contributed by atoms with van der Waals surface area (Å²) < 4.78 is 79.7. The van der Waals surface area contributed by atoms with Gasteiger partial charge in [-0.05, 0) is 52.0 Å². The molecule has 0 radical (unpaired) electrons. The van der Waals surface area contributed by atoms with E-state index < -0.39 is 35.1 Å². The Balaban J connectivity index is 1.89. The van der Waals surface area contributed by atoms with Gasteiger partial charge in [0.05, 0.1) is 23.2 Å². The van der Waals surface area contributed by atoms with E-state index in [-0.39, 0.29) is 18.4 Å². The molecular weight excluding hydrogens is 452 g/mol. The van der Waals surface area contributed by atoms with Crippen LogP contribution in [0.5, 0.6) is 0 Å². The van der Waals surface area contributed by atoms with Crippen LogP contribution in [0.25, 0.3) is 5.95 Å². The predicted molar refractivity (Wildman–Crippen MR) is 107 cm³/mol. The number of amides is 1. The highest BCUT2D eigenvalue weighted by Crippen LogP contribution is 2.37. The number of carbonyl (C=O) groups excluding carboxylic acids is 1. The molecule has 33 heavy (non-hydrogen) atoms. The summed E-state index contributed by atoms with van der Waals surface area (Å²) in [4.78, 5) is 21.1. The van der Waals surface area contributed by atoms with Crippen LogP contribution < -0.4 is 5.32 Å². The first-order valence-electron chi connectivity index (χ1n) is 9.62. The Morgan fingerprint density at radius 2 is 1.39 bits per heavy atom. The van der Waals surface area contributed by atoms with Crippen molar-refractivity contribution in [2.75, 3.05) is 5.32 Å². The molecule has 2 aromatic heterocycles. The maximum atomic E-state index is 13.0. The summed E-state index contributed by atoms with van der Waals surface area (Å²) in [5, 5.41) is 6.46. The number of anilines is 1. The lowest BCUT2D eigenvalue weighted by Gasteiger charge is -2.15. The van der Waals surface area contributed by atoms with Gasteiger partial charge in [-0.25, -0.2) is 14.6 Å². The third kappa shape index (κ3) is 5.49. The molecule has 3 aromatic rings. The van der Waals surface area contributed by atoms with Crippen molar-refractivity contribution in [3.05, 3.63) is 63.7 Å². The molecule has 176 valence electrons. The third-order valence-corrected chi connectivity index (χ3v) is 4.81. The summed E-state index contributed by atoms with van der Waals surface area (Å²) in [7, 11) is 0. The molecule has 0 saturated carbocycles. The largest absolute Gasteiger partial charge is 0.416 e. The van der Waals surface area contributed by atoms with Gasteiger partial charge in [-0.2, -0.15) is 31.4 Å². The van der Waals surface area contributed by atoms with Crippen molar-refractivity contribution < 1.29 is 31.1 Å². The lowest BCUT2D eigenvalue weighted by molar-refractivity contribution is -0.143. The van der Waals surface area contributed by atoms with E-state index in [1.807, 2.05) is 0 Å². The molecule has 0 saturated heterocycles. The van der Waals surface area contributed by atoms with E-state index in [2.05, 4.69) is 20.4 Å². The summed E-state index contributed by atoms with van der Waals surface area (Å²) in [5.41, 5.74) is -0.804. The number of halogens is 6. The Morgan fingerprint density at radius 3 is 1.88 bits per heavy atom. The number of nitrogens with zero attached hydrogens (tertiary/aromatic N) is 4. The van der Waals surface area contributed by atoms with Crippen LogP contribution in [-0.2, 0) is 23.6 Å². The number of nitrogens with one attached hydrogen (secondary N) is 1. The van der Waals surface area contributed by atoms with Gasteiger partial charge in [0.15, 0.2) is 0 Å². The Bertz CT molecular complexity index is 1160. The van der Waals surface area contributed by atoms with Gasteiger partial charge in [0.25, 0.3) is 5.95 Å². The van der Waals surface area contributed by atoms with Crippen molar-refractivity contribution in [2.45, 2.75) is 46.5 Å². The third-order valence-electron chi connectivity index (χ3n) is 4.81. The average Bonchev–Trinajstić information content (AvgIpc) is 2.94. The van der Waals surface area contributed by atoms with Crippen LogP contribution in [0.2, 0.25) is 0 Å². The molecule has 0 fully saturated rings. The highest BCUT2D eigenvalue weighted by molar-refractivity contribution is 5.92. The van der Waals surface area contributed by atoms with Crippen LogP contribution in [0.15, 0.2) is 24.3 Å². The van der Waals surface area contributed by atoms with Crippen molar-refractivity contribution in [1.82, 2.24) is 19.7 Å². The minimum absolute atomic E-state index is 0.00216. The van der Waals surface area contributed by atoms with E-state index in [9.17, 15) is 31.1 Å². The molecule has 0 atom stereocenters. The maximum Gasteiger partial charge on any atom is 0.416 e. The monoisotopic (exact) mass is 471 g/mol. The number of carbonyl (C=O) groups is 1. The second kappa shape index (κ2) is 8.49. The first kappa shape index (κ1) is 24.2. The number of hydrogen-bond acceptors (Lipinski definition) is 4. The molecule has 6 nitrogen and oxygen atoms in total. The van der Waals surface area contributed by atoms with Gasteiger partial charge in [-0.3, -0.25) is 4.79 Å². The smallest absolute Gasteiger partial charge is 0.326 e. The van der Waals surface area contributed by atoms with Gasteiger partial charge in [0.2, 0.25) is 5.91 Å². The normalized spacial score (nSPS) is 12.2. The fourth-order valence-electron chi connectivity index (χ4n) is 3.32. The van der Waals surface area contributed by atoms with Crippen LogP contribution >= 0.6 is 0 Å². The molecule has 0 unspecified atom stereocenters. The molecule has 0 spiro atoms. The first-order valence-corrected chi connectivity index (χ1v) is 9.62. The van der Waals surface area contributed by atoms with Crippen LogP contribution in [0.3, 0.4) is 0 Å². The number of hydrogen-bond donors (Lipinski definition) is 1. The lowest BCUT2D eigenvalue weighted by atomic mass is 10.1. The van der Waals surface area contributed by atoms with E-state index in [1.54, 1.807) is 33.8 Å². The predicted octanol–water partition coefficient (Wildman–Crippen LogP) is 5.11. The number of rotatable bonds is 4. The van der Waals surface area contributed by atoms with E-state index in [4.69, 9.17) is 0 Å². The van der Waals surface area contributed by atoms with Crippen molar-refractivity contribution in [3.8, 4) is 5.95 Å². The summed E-state index contributed by atoms with van der Waals surface area (Å²) in [6.07, 6.45) is -10.3. The van der Waals surface area contributed by atoms with Crippen molar-refractivity contribution in [1.29, 1.82) is 0 Å². The number of alkyl halides is 6. The minimum atomic E-state index is -5.01. The van der Waals surface area contributed by atoms with Crippen LogP contribution in [-0.4, -0.2) is 25.7 Å². The second-order valence-corrected chi connectivity index (χ2v) is 7.53. The van der Waals surface area contributed by atoms with E-state index in [0.29, 0.717) is 40.5 Å². The zero-order chi connectivity index (χ0) is 24.7. The molecule has 2 heterocycles. The van der Waals surface area contributed by atoms with Crippen LogP contribution in [0.4, 0.5) is 32.0 Å². The molecular formula is C21H19F6N5O. The molecule has 0 aliphatic carbocycles.